The third-order valence-corrected chi connectivity index (χ3v) is 8.18. The first-order chi connectivity index (χ1) is 17.6. The number of nitrogens with zero attached hydrogens (tertiary/aromatic N) is 3. The Kier molecular flexibility index (Phi) is 6.61. The van der Waals surface area contributed by atoms with Crippen molar-refractivity contribution in [2.24, 2.45) is 5.92 Å². The number of pyridine rings is 1. The van der Waals surface area contributed by atoms with Gasteiger partial charge in [-0.05, 0) is 66.8 Å². The lowest BCUT2D eigenvalue weighted by Crippen LogP contribution is -2.55. The van der Waals surface area contributed by atoms with Gasteiger partial charge in [0.1, 0.15) is 0 Å². The number of nitrogens with one attached hydrogen (secondary N) is 3. The molecule has 7 nitrogen and oxygen atoms in total. The van der Waals surface area contributed by atoms with Crippen LogP contribution in [0.3, 0.4) is 0 Å². The monoisotopic (exact) mass is 484 g/mol. The van der Waals surface area contributed by atoms with Crippen molar-refractivity contribution in [2.45, 2.75) is 50.9 Å². The Morgan fingerprint density at radius 3 is 2.86 bits per heavy atom. The summed E-state index contributed by atoms with van der Waals surface area (Å²) in [4.78, 5) is 22.2. The summed E-state index contributed by atoms with van der Waals surface area (Å²) in [5.41, 5.74) is 10.6. The Bertz CT molecular complexity index is 1230. The molecule has 3 N–H and O–H groups in total. The van der Waals surface area contributed by atoms with Gasteiger partial charge in [-0.1, -0.05) is 42.5 Å². The third-order valence-electron chi connectivity index (χ3n) is 8.18. The lowest BCUT2D eigenvalue weighted by Gasteiger charge is -2.38. The van der Waals surface area contributed by atoms with Crippen molar-refractivity contribution in [2.75, 3.05) is 26.2 Å². The molecule has 0 bridgehead atoms. The number of carbonyl (C=O) groups is 1. The Labute approximate surface area is 213 Å². The molecule has 3 unspecified atom stereocenters. The minimum absolute atomic E-state index is 0.0852. The quantitative estimate of drug-likeness (QED) is 0.526. The number of aromatic nitrogens is 1. The van der Waals surface area contributed by atoms with Gasteiger partial charge in [0.15, 0.2) is 0 Å². The van der Waals surface area contributed by atoms with E-state index in [0.717, 1.165) is 57.7 Å². The van der Waals surface area contributed by atoms with Gasteiger partial charge >= 0.3 is 6.03 Å². The number of hydrazine groups is 1. The molecular weight excluding hydrogens is 448 g/mol. The van der Waals surface area contributed by atoms with Gasteiger partial charge in [-0.25, -0.2) is 10.2 Å². The molecule has 4 heterocycles. The maximum atomic E-state index is 13.3. The van der Waals surface area contributed by atoms with E-state index in [1.165, 1.54) is 21.9 Å². The molecule has 7 heteroatoms. The highest BCUT2D eigenvalue weighted by Gasteiger charge is 2.42. The van der Waals surface area contributed by atoms with E-state index in [2.05, 4.69) is 80.6 Å². The molecule has 36 heavy (non-hydrogen) atoms. The van der Waals surface area contributed by atoms with Gasteiger partial charge in [0, 0.05) is 56.1 Å². The van der Waals surface area contributed by atoms with E-state index in [-0.39, 0.29) is 18.1 Å². The van der Waals surface area contributed by atoms with Gasteiger partial charge in [0.2, 0.25) is 0 Å². The van der Waals surface area contributed by atoms with Crippen molar-refractivity contribution in [3.05, 3.63) is 77.6 Å². The second kappa shape index (κ2) is 10.2. The number of piperidine rings is 2. The van der Waals surface area contributed by atoms with E-state index < -0.39 is 0 Å². The summed E-state index contributed by atoms with van der Waals surface area (Å²) in [5.74, 6) is 0.348. The van der Waals surface area contributed by atoms with Crippen LogP contribution in [0.1, 0.15) is 42.1 Å². The molecule has 6 rings (SSSR count). The molecule has 4 atom stereocenters. The summed E-state index contributed by atoms with van der Waals surface area (Å²) >= 11 is 0. The highest BCUT2D eigenvalue weighted by atomic mass is 16.2. The molecule has 3 aliphatic heterocycles. The number of urea groups is 1. The van der Waals surface area contributed by atoms with Crippen LogP contribution in [-0.2, 0) is 6.54 Å². The van der Waals surface area contributed by atoms with E-state index in [1.807, 2.05) is 18.0 Å². The number of rotatable bonds is 4. The van der Waals surface area contributed by atoms with E-state index in [1.54, 1.807) is 0 Å². The highest BCUT2D eigenvalue weighted by Crippen LogP contribution is 2.34. The van der Waals surface area contributed by atoms with E-state index in [9.17, 15) is 4.79 Å². The number of aryl methyl sites for hydroxylation is 1. The minimum Gasteiger partial charge on any atom is -0.334 e. The normalized spacial score (nSPS) is 26.6. The number of amides is 2. The molecule has 0 radical (unpaired) electrons. The zero-order valence-electron chi connectivity index (χ0n) is 21.0. The molecule has 0 aliphatic carbocycles. The average molecular weight is 485 g/mol. The fourth-order valence-electron chi connectivity index (χ4n) is 6.33. The van der Waals surface area contributed by atoms with Gasteiger partial charge in [-0.2, -0.15) is 0 Å². The Morgan fingerprint density at radius 1 is 1.06 bits per heavy atom. The van der Waals surface area contributed by atoms with Crippen molar-refractivity contribution < 1.29 is 4.79 Å². The van der Waals surface area contributed by atoms with E-state index in [4.69, 9.17) is 0 Å². The molecule has 0 saturated carbocycles. The minimum atomic E-state index is 0.0852. The molecule has 3 fully saturated rings. The molecule has 3 saturated heterocycles. The topological polar surface area (TPSA) is 72.5 Å². The molecule has 3 aromatic rings. The zero-order valence-corrected chi connectivity index (χ0v) is 21.0. The lowest BCUT2D eigenvalue weighted by atomic mass is 9.85. The van der Waals surface area contributed by atoms with Crippen LogP contribution >= 0.6 is 0 Å². The van der Waals surface area contributed by atoms with Crippen molar-refractivity contribution in [1.82, 2.24) is 31.0 Å². The van der Waals surface area contributed by atoms with Crippen molar-refractivity contribution in [1.29, 1.82) is 0 Å². The predicted molar refractivity (Wildman–Crippen MR) is 142 cm³/mol. The fourth-order valence-corrected chi connectivity index (χ4v) is 6.33. The molecule has 188 valence electrons. The van der Waals surface area contributed by atoms with Crippen LogP contribution < -0.4 is 16.2 Å². The molecular formula is C29H36N6O. The van der Waals surface area contributed by atoms with Gasteiger partial charge in [-0.15, -0.1) is 0 Å². The average Bonchev–Trinajstić information content (AvgIpc) is 3.33. The Balaban J connectivity index is 1.08. The summed E-state index contributed by atoms with van der Waals surface area (Å²) in [5, 5.41) is 5.99. The van der Waals surface area contributed by atoms with Gasteiger partial charge in [0.25, 0.3) is 0 Å². The molecule has 2 aromatic carbocycles. The van der Waals surface area contributed by atoms with E-state index >= 15 is 0 Å². The predicted octanol–water partition coefficient (Wildman–Crippen LogP) is 3.76. The van der Waals surface area contributed by atoms with Crippen LogP contribution in [0.5, 0.6) is 0 Å². The molecule has 3 aliphatic rings. The number of fused-ring (bicyclic) bond motifs is 2. The van der Waals surface area contributed by atoms with Crippen LogP contribution in [-0.4, -0.2) is 59.1 Å². The van der Waals surface area contributed by atoms with Gasteiger partial charge < -0.3 is 10.2 Å². The smallest absolute Gasteiger partial charge is 0.317 e. The van der Waals surface area contributed by atoms with Crippen molar-refractivity contribution >= 4 is 16.8 Å². The van der Waals surface area contributed by atoms with Crippen molar-refractivity contribution in [3.63, 3.8) is 0 Å². The third kappa shape index (κ3) is 4.83. The number of carbonyl (C=O) groups excluding carboxylic acids is 1. The number of likely N-dealkylation sites (tertiary alicyclic amines) is 2. The van der Waals surface area contributed by atoms with Crippen LogP contribution in [0.15, 0.2) is 60.8 Å². The Hall–Kier alpha value is -3.00. The fraction of sp³-hybridized carbons (Fsp3) is 0.448. The van der Waals surface area contributed by atoms with Gasteiger partial charge in [-0.3, -0.25) is 15.3 Å². The van der Waals surface area contributed by atoms with Crippen LogP contribution in [0.25, 0.3) is 10.8 Å². The highest BCUT2D eigenvalue weighted by molar-refractivity contribution is 5.85. The summed E-state index contributed by atoms with van der Waals surface area (Å²) < 4.78 is 0. The summed E-state index contributed by atoms with van der Waals surface area (Å²) in [7, 11) is 0. The molecule has 0 spiro atoms. The Morgan fingerprint density at radius 2 is 1.94 bits per heavy atom. The first kappa shape index (κ1) is 23.4. The second-order valence-electron chi connectivity index (χ2n) is 10.7. The van der Waals surface area contributed by atoms with Crippen LogP contribution in [0.4, 0.5) is 4.79 Å². The maximum absolute atomic E-state index is 13.3. The summed E-state index contributed by atoms with van der Waals surface area (Å²) in [6.45, 7) is 6.47. The first-order valence-electron chi connectivity index (χ1n) is 13.3. The van der Waals surface area contributed by atoms with E-state index in [0.29, 0.717) is 12.0 Å². The molecule has 2 amide bonds. The van der Waals surface area contributed by atoms with Gasteiger partial charge in [0.05, 0.1) is 6.04 Å². The van der Waals surface area contributed by atoms with Crippen LogP contribution in [0, 0.1) is 12.8 Å². The largest absolute Gasteiger partial charge is 0.334 e. The maximum Gasteiger partial charge on any atom is 0.317 e. The van der Waals surface area contributed by atoms with Crippen molar-refractivity contribution in [3.8, 4) is 0 Å². The standard InChI is InChI=1S/C29H36N6O/c1-20-16-22(11-13-30-20)28-26-19-35(15-12-27(26)32-33-28)29(36)31-24-9-5-14-34(18-24)17-23-8-4-7-21-6-2-3-10-25(21)23/h2-4,6-8,10-11,13,16,24,26-28,32-33H,5,9,12,14-15,17-19H2,1H3,(H,31,36)/t24-,26?,27?,28?/m1/s1. The SMILES string of the molecule is Cc1cc(C2NNC3CCN(C(=O)N[C@@H]4CCCN(Cc5cccc6ccccc56)C4)CC32)ccn1. The first-order valence-corrected chi connectivity index (χ1v) is 13.3. The summed E-state index contributed by atoms with van der Waals surface area (Å²) in [6.07, 6.45) is 4.99. The number of benzene rings is 2. The molecule has 1 aromatic heterocycles. The number of hydrogen-bond acceptors (Lipinski definition) is 5. The second-order valence-corrected chi connectivity index (χ2v) is 10.7. The lowest BCUT2D eigenvalue weighted by molar-refractivity contribution is 0.139. The van der Waals surface area contributed by atoms with Crippen LogP contribution in [0.2, 0.25) is 0 Å². The zero-order chi connectivity index (χ0) is 24.5. The summed E-state index contributed by atoms with van der Waals surface area (Å²) in [6, 6.07) is 20.3. The number of hydrogen-bond donors (Lipinski definition) is 3.